The number of hydrogen-bond acceptors (Lipinski definition) is 5. The maximum atomic E-state index is 11.5. The summed E-state index contributed by atoms with van der Waals surface area (Å²) in [5, 5.41) is 17.3. The molecule has 2 N–H and O–H groups in total. The van der Waals surface area contributed by atoms with Crippen LogP contribution >= 0.6 is 0 Å². The summed E-state index contributed by atoms with van der Waals surface area (Å²) in [6, 6.07) is 0. The van der Waals surface area contributed by atoms with Crippen LogP contribution in [-0.2, 0) is 23.7 Å². The van der Waals surface area contributed by atoms with Crippen molar-refractivity contribution in [2.24, 2.45) is 0 Å². The van der Waals surface area contributed by atoms with Crippen molar-refractivity contribution in [3.05, 3.63) is 0 Å². The summed E-state index contributed by atoms with van der Waals surface area (Å²) in [5.74, 6) is -3.55. The van der Waals surface area contributed by atoms with Crippen molar-refractivity contribution in [3.63, 3.8) is 0 Å². The van der Waals surface area contributed by atoms with Gasteiger partial charge in [-0.25, -0.2) is 0 Å². The fourth-order valence-electron chi connectivity index (χ4n) is 1.50. The van der Waals surface area contributed by atoms with Gasteiger partial charge in [-0.1, -0.05) is 6.92 Å². The van der Waals surface area contributed by atoms with Crippen molar-refractivity contribution in [2.45, 2.75) is 31.7 Å². The smallest absolute Gasteiger partial charge is 0.507 e. The summed E-state index contributed by atoms with van der Waals surface area (Å²) in [6.45, 7) is 1.68. The topological polar surface area (TPSA) is 110 Å². The van der Waals surface area contributed by atoms with Gasteiger partial charge in [0.15, 0.2) is 5.60 Å². The zero-order chi connectivity index (χ0) is 12.3. The second-order valence-corrected chi connectivity index (χ2v) is 3.50. The van der Waals surface area contributed by atoms with Crippen molar-refractivity contribution in [1.29, 1.82) is 0 Å². The third-order valence-electron chi connectivity index (χ3n) is 2.17. The molecule has 88 valence electrons. The van der Waals surface area contributed by atoms with Crippen LogP contribution in [0.15, 0.2) is 0 Å². The second-order valence-electron chi connectivity index (χ2n) is 3.50. The number of carboxylic acid groups (broad SMARTS) is 2. The summed E-state index contributed by atoms with van der Waals surface area (Å²) >= 11 is 0. The summed E-state index contributed by atoms with van der Waals surface area (Å²) < 4.78 is 9.84. The van der Waals surface area contributed by atoms with E-state index in [4.69, 9.17) is 19.5 Å². The molecule has 0 aromatic heterocycles. The first-order chi connectivity index (χ1) is 7.39. The summed E-state index contributed by atoms with van der Waals surface area (Å²) in [7, 11) is -0.869. The first-order valence-electron chi connectivity index (χ1n) is 4.72. The highest BCUT2D eigenvalue weighted by molar-refractivity contribution is 6.49. The number of rotatable bonds is 5. The summed E-state index contributed by atoms with van der Waals surface area (Å²) in [6.07, 6.45) is -1.09. The van der Waals surface area contributed by atoms with Crippen LogP contribution in [0.2, 0.25) is 6.32 Å². The molecule has 0 unspecified atom stereocenters. The summed E-state index contributed by atoms with van der Waals surface area (Å²) in [4.78, 5) is 32.7. The van der Waals surface area contributed by atoms with E-state index in [-0.39, 0.29) is 0 Å². The van der Waals surface area contributed by atoms with E-state index in [1.165, 1.54) is 0 Å². The van der Waals surface area contributed by atoms with Gasteiger partial charge in [0.2, 0.25) is 0 Å². The van der Waals surface area contributed by atoms with Crippen LogP contribution in [0.4, 0.5) is 0 Å². The van der Waals surface area contributed by atoms with Gasteiger partial charge in [0, 0.05) is 0 Å². The highest BCUT2D eigenvalue weighted by Gasteiger charge is 2.54. The maximum Gasteiger partial charge on any atom is 0.527 e. The Bertz CT molecular complexity index is 310. The number of carbonyl (C=O) groups excluding carboxylic acids is 1. The zero-order valence-corrected chi connectivity index (χ0v) is 8.63. The van der Waals surface area contributed by atoms with E-state index >= 15 is 0 Å². The molecular weight excluding hydrogens is 219 g/mol. The fourth-order valence-corrected chi connectivity index (χ4v) is 1.50. The molecule has 0 bridgehead atoms. The van der Waals surface area contributed by atoms with E-state index in [0.717, 1.165) is 0 Å². The monoisotopic (exact) mass is 230 g/mol. The predicted octanol–water partition coefficient (Wildman–Crippen LogP) is -0.244. The van der Waals surface area contributed by atoms with Gasteiger partial charge in [-0.15, -0.1) is 0 Å². The Kier molecular flexibility index (Phi) is 3.53. The SMILES string of the molecule is CCB1OC(=O)C(CC(=O)O)(CC(=O)O)O1. The third kappa shape index (κ3) is 2.51. The molecule has 16 heavy (non-hydrogen) atoms. The normalized spacial score (nSPS) is 18.3. The number of aliphatic carboxylic acids is 2. The molecule has 0 atom stereocenters. The van der Waals surface area contributed by atoms with Crippen molar-refractivity contribution < 1.29 is 33.9 Å². The average Bonchev–Trinajstić information content (AvgIpc) is 2.41. The minimum Gasteiger partial charge on any atom is -0.507 e. The minimum atomic E-state index is -1.89. The van der Waals surface area contributed by atoms with Crippen LogP contribution in [0.3, 0.4) is 0 Å². The van der Waals surface area contributed by atoms with Gasteiger partial charge < -0.3 is 19.5 Å². The van der Waals surface area contributed by atoms with Crippen molar-refractivity contribution in [2.75, 3.05) is 0 Å². The molecule has 1 rings (SSSR count). The van der Waals surface area contributed by atoms with Gasteiger partial charge in [0.25, 0.3) is 0 Å². The van der Waals surface area contributed by atoms with E-state index in [1.54, 1.807) is 6.92 Å². The van der Waals surface area contributed by atoms with E-state index in [0.29, 0.717) is 6.32 Å². The Balaban J connectivity index is 2.90. The lowest BCUT2D eigenvalue weighted by atomic mass is 9.86. The second kappa shape index (κ2) is 4.52. The van der Waals surface area contributed by atoms with Gasteiger partial charge in [-0.2, -0.15) is 0 Å². The van der Waals surface area contributed by atoms with Crippen LogP contribution in [-0.4, -0.2) is 40.8 Å². The molecule has 1 saturated heterocycles. The van der Waals surface area contributed by atoms with Gasteiger partial charge in [-0.05, 0) is 6.32 Å². The molecule has 0 amide bonds. The molecule has 7 nitrogen and oxygen atoms in total. The van der Waals surface area contributed by atoms with Crippen molar-refractivity contribution in [1.82, 2.24) is 0 Å². The maximum absolute atomic E-state index is 11.5. The quantitative estimate of drug-likeness (QED) is 0.626. The van der Waals surface area contributed by atoms with Crippen LogP contribution in [0.1, 0.15) is 19.8 Å². The number of carbonyl (C=O) groups is 3. The fraction of sp³-hybridized carbons (Fsp3) is 0.625. The molecule has 1 fully saturated rings. The highest BCUT2D eigenvalue weighted by Crippen LogP contribution is 2.31. The van der Waals surface area contributed by atoms with E-state index in [9.17, 15) is 14.4 Å². The molecule has 0 aliphatic carbocycles. The Hall–Kier alpha value is -1.57. The van der Waals surface area contributed by atoms with Gasteiger partial charge in [0.1, 0.15) is 0 Å². The highest BCUT2D eigenvalue weighted by atomic mass is 16.7. The van der Waals surface area contributed by atoms with Crippen LogP contribution < -0.4 is 0 Å². The lowest BCUT2D eigenvalue weighted by molar-refractivity contribution is -0.157. The molecule has 0 aromatic carbocycles. The largest absolute Gasteiger partial charge is 0.527 e. The van der Waals surface area contributed by atoms with Crippen molar-refractivity contribution in [3.8, 4) is 0 Å². The van der Waals surface area contributed by atoms with E-state index in [2.05, 4.69) is 0 Å². The Labute approximate surface area is 91.5 Å². The standard InChI is InChI=1S/C8H11BO7/c1-2-9-15-7(14)8(16-9,3-5(10)11)4-6(12)13/h2-4H2,1H3,(H,10,11)(H,12,13). The lowest BCUT2D eigenvalue weighted by Crippen LogP contribution is -2.41. The van der Waals surface area contributed by atoms with Gasteiger partial charge in [0.05, 0.1) is 12.8 Å². The molecule has 1 aliphatic rings. The molecule has 0 aromatic rings. The molecular formula is C8H11BO7. The Morgan fingerprint density at radius 1 is 1.31 bits per heavy atom. The molecule has 1 heterocycles. The van der Waals surface area contributed by atoms with E-state index in [1.807, 2.05) is 0 Å². The molecule has 0 spiro atoms. The third-order valence-corrected chi connectivity index (χ3v) is 2.17. The van der Waals surface area contributed by atoms with Gasteiger partial charge in [-0.3, -0.25) is 14.4 Å². The van der Waals surface area contributed by atoms with Crippen molar-refractivity contribution >= 4 is 25.0 Å². The van der Waals surface area contributed by atoms with Crippen LogP contribution in [0.25, 0.3) is 0 Å². The Morgan fingerprint density at radius 2 is 1.81 bits per heavy atom. The van der Waals surface area contributed by atoms with E-state index < -0.39 is 43.5 Å². The minimum absolute atomic E-state index is 0.340. The zero-order valence-electron chi connectivity index (χ0n) is 8.63. The van der Waals surface area contributed by atoms with Gasteiger partial charge >= 0.3 is 25.0 Å². The molecule has 1 aliphatic heterocycles. The number of carboxylic acids is 2. The summed E-state index contributed by atoms with van der Waals surface area (Å²) in [5.41, 5.74) is -1.89. The molecule has 8 heteroatoms. The first kappa shape index (κ1) is 12.5. The molecule has 0 saturated carbocycles. The Morgan fingerprint density at radius 3 is 2.12 bits per heavy atom. The van der Waals surface area contributed by atoms with Crippen LogP contribution in [0, 0.1) is 0 Å². The molecule has 0 radical (unpaired) electrons. The predicted molar refractivity (Wildman–Crippen MR) is 50.6 cm³/mol. The number of hydrogen-bond donors (Lipinski definition) is 2. The first-order valence-corrected chi connectivity index (χ1v) is 4.72. The average molecular weight is 230 g/mol. The van der Waals surface area contributed by atoms with Crippen LogP contribution in [0.5, 0.6) is 0 Å². The lowest BCUT2D eigenvalue weighted by Gasteiger charge is -2.20.